The normalized spacial score (nSPS) is 16.8. The monoisotopic (exact) mass is 613 g/mol. The third-order valence-electron chi connectivity index (χ3n) is 6.70. The Hall–Kier alpha value is -2.00. The number of para-hydroxylation sites is 1. The van der Waals surface area contributed by atoms with Crippen LogP contribution in [-0.4, -0.2) is 46.6 Å². The topological polar surface area (TPSA) is 148 Å². The number of nitrogens with zero attached hydrogens (tertiary/aromatic N) is 1. The standard InChI is InChI=1S/C28H34N2O8S2.Na/c1-28(17-8-3-6-14-27(31)32)24-21-23(39-38-37-33)15-16-25(24)30(19-10-20-40(34,35)36)26(28)13-7-9-18-29-22-11-4-2-5-12-22;/h2,4-5,7,9,11-13,15-16,18,21H,3,6,8,10,14,17,19-20H2,1H3,(H3,31,32,33,34,35,36);/q;+1. The molecule has 1 heterocycles. The van der Waals surface area contributed by atoms with Gasteiger partial charge in [-0.05, 0) is 50.1 Å². The van der Waals surface area contributed by atoms with Gasteiger partial charge in [-0.25, -0.2) is 0 Å². The second-order valence-corrected chi connectivity index (χ2v) is 11.9. The van der Waals surface area contributed by atoms with Gasteiger partial charge in [-0.2, -0.15) is 17.3 Å². The average molecular weight is 614 g/mol. The molecule has 13 heteroatoms. The summed E-state index contributed by atoms with van der Waals surface area (Å²) in [4.78, 5) is 11.6. The Morgan fingerprint density at radius 2 is 1.88 bits per heavy atom. The molecule has 216 valence electrons. The Labute approximate surface area is 267 Å². The summed E-state index contributed by atoms with van der Waals surface area (Å²) < 4.78 is 38.7. The van der Waals surface area contributed by atoms with Crippen molar-refractivity contribution >= 4 is 45.2 Å². The van der Waals surface area contributed by atoms with Crippen molar-refractivity contribution < 1.29 is 71.6 Å². The Morgan fingerprint density at radius 3 is 2.56 bits per heavy atom. The zero-order chi connectivity index (χ0) is 29.0. The Kier molecular flexibility index (Phi) is 14.8. The van der Waals surface area contributed by atoms with Crippen LogP contribution in [0.5, 0.6) is 0 Å². The molecule has 0 fully saturated rings. The van der Waals surface area contributed by atoms with E-state index in [1.807, 2.05) is 71.5 Å². The van der Waals surface area contributed by atoms with Gasteiger partial charge in [0.15, 0.2) is 5.71 Å². The molecule has 2 aromatic rings. The van der Waals surface area contributed by atoms with Gasteiger partial charge < -0.3 is 15.7 Å². The molecular formula is C28H34N2NaO8S2+. The van der Waals surface area contributed by atoms with Gasteiger partial charge >= 0.3 is 35.5 Å². The molecule has 41 heavy (non-hydrogen) atoms. The quantitative estimate of drug-likeness (QED) is 0.0352. The van der Waals surface area contributed by atoms with Crippen LogP contribution < -0.4 is 40.1 Å². The number of carbonyl (C=O) groups is 1. The predicted octanol–water partition coefficient (Wildman–Crippen LogP) is 1.77. The van der Waals surface area contributed by atoms with Crippen molar-refractivity contribution in [1.82, 2.24) is 0 Å². The van der Waals surface area contributed by atoms with Gasteiger partial charge in [-0.1, -0.05) is 37.1 Å². The second kappa shape index (κ2) is 17.2. The van der Waals surface area contributed by atoms with Gasteiger partial charge in [0.2, 0.25) is 5.69 Å². The van der Waals surface area contributed by atoms with E-state index in [9.17, 15) is 23.0 Å². The van der Waals surface area contributed by atoms with Gasteiger partial charge in [-0.15, -0.1) is 0 Å². The van der Waals surface area contributed by atoms with Crippen LogP contribution in [0.15, 0.2) is 77.9 Å². The van der Waals surface area contributed by atoms with Crippen molar-refractivity contribution in [3.05, 3.63) is 78.5 Å². The number of unbranched alkanes of at least 4 members (excludes halogenated alkanes) is 2. The Balaban J connectivity index is 0.00000588. The molecular weight excluding hydrogens is 579 g/mol. The molecule has 3 N–H and O–H groups in total. The first-order valence-electron chi connectivity index (χ1n) is 12.9. The zero-order valence-corrected chi connectivity index (χ0v) is 26.8. The summed E-state index contributed by atoms with van der Waals surface area (Å²) in [5.74, 6) is -1.19. The minimum Gasteiger partial charge on any atom is -0.691 e. The molecule has 0 saturated carbocycles. The van der Waals surface area contributed by atoms with Crippen LogP contribution in [0.3, 0.4) is 0 Å². The molecule has 0 spiro atoms. The molecule has 2 aromatic carbocycles. The van der Waals surface area contributed by atoms with Crippen LogP contribution in [-0.2, 0) is 29.7 Å². The number of carboxylic acid groups (broad SMARTS) is 1. The smallest absolute Gasteiger partial charge is 0.691 e. The third-order valence-corrected chi connectivity index (χ3v) is 8.08. The molecule has 0 bridgehead atoms. The first kappa shape index (κ1) is 35.2. The van der Waals surface area contributed by atoms with Gasteiger partial charge in [0.05, 0.1) is 23.2 Å². The second-order valence-electron chi connectivity index (χ2n) is 9.59. The summed E-state index contributed by atoms with van der Waals surface area (Å²) in [6.45, 7) is 2.44. The van der Waals surface area contributed by atoms with Gasteiger partial charge in [0.25, 0.3) is 10.1 Å². The number of rotatable bonds is 17. The number of benzene rings is 2. The van der Waals surface area contributed by atoms with Crippen LogP contribution >= 0.6 is 12.0 Å². The van der Waals surface area contributed by atoms with E-state index in [2.05, 4.69) is 21.6 Å². The fourth-order valence-electron chi connectivity index (χ4n) is 4.86. The maximum atomic E-state index is 11.4. The van der Waals surface area contributed by atoms with Gasteiger partial charge in [0, 0.05) is 47.3 Å². The van der Waals surface area contributed by atoms with E-state index in [1.54, 1.807) is 6.07 Å². The number of hydrogen-bond acceptors (Lipinski definition) is 8. The summed E-state index contributed by atoms with van der Waals surface area (Å²) in [6.07, 6.45) is 10.7. The summed E-state index contributed by atoms with van der Waals surface area (Å²) >= 11 is 0.791. The molecule has 1 aliphatic heterocycles. The average Bonchev–Trinajstić information content (AvgIpc) is 3.13. The first-order chi connectivity index (χ1) is 19.1. The van der Waals surface area contributed by atoms with Crippen molar-refractivity contribution in [3.63, 3.8) is 0 Å². The number of nitrogens with one attached hydrogen (secondary N) is 1. The minimum absolute atomic E-state index is 0. The van der Waals surface area contributed by atoms with E-state index in [-0.39, 0.29) is 48.2 Å². The summed E-state index contributed by atoms with van der Waals surface area (Å²) in [6, 6.07) is 15.3. The van der Waals surface area contributed by atoms with E-state index in [4.69, 9.17) is 5.11 Å². The molecule has 1 atom stereocenters. The van der Waals surface area contributed by atoms with Crippen molar-refractivity contribution in [2.24, 2.45) is 0 Å². The number of anilines is 1. The molecule has 10 nitrogen and oxygen atoms in total. The maximum Gasteiger partial charge on any atom is 1.00 e. The van der Waals surface area contributed by atoms with Gasteiger partial charge in [-0.3, -0.25) is 14.4 Å². The Morgan fingerprint density at radius 1 is 1.12 bits per heavy atom. The summed E-state index contributed by atoms with van der Waals surface area (Å²) in [7, 11) is -4.12. The molecule has 0 aliphatic carbocycles. The molecule has 0 amide bonds. The number of allylic oxidation sites excluding steroid dienone is 3. The Bertz CT molecular complexity index is 1350. The predicted molar refractivity (Wildman–Crippen MR) is 152 cm³/mol. The van der Waals surface area contributed by atoms with Crippen molar-refractivity contribution in [2.75, 3.05) is 17.6 Å². The molecule has 0 aromatic heterocycles. The molecule has 3 rings (SSSR count). The largest absolute Gasteiger partial charge is 1.00 e. The molecule has 0 saturated heterocycles. The van der Waals surface area contributed by atoms with E-state index < -0.39 is 21.5 Å². The molecule has 1 unspecified atom stereocenters. The van der Waals surface area contributed by atoms with Crippen molar-refractivity contribution in [3.8, 4) is 0 Å². The van der Waals surface area contributed by atoms with E-state index in [1.165, 1.54) is 0 Å². The van der Waals surface area contributed by atoms with E-state index >= 15 is 0 Å². The van der Waals surface area contributed by atoms with Crippen molar-refractivity contribution in [1.29, 1.82) is 0 Å². The van der Waals surface area contributed by atoms with Crippen LogP contribution in [0.2, 0.25) is 0 Å². The van der Waals surface area contributed by atoms with Crippen LogP contribution in [0.4, 0.5) is 11.4 Å². The van der Waals surface area contributed by atoms with Crippen LogP contribution in [0, 0.1) is 0 Å². The summed E-state index contributed by atoms with van der Waals surface area (Å²) in [5.41, 5.74) is 3.21. The van der Waals surface area contributed by atoms with Gasteiger partial charge in [0.1, 0.15) is 6.54 Å². The summed E-state index contributed by atoms with van der Waals surface area (Å²) in [5, 5.41) is 26.1. The minimum atomic E-state index is -4.12. The number of hydrogen-bond donors (Lipinski definition) is 3. The zero-order valence-electron chi connectivity index (χ0n) is 23.2. The van der Waals surface area contributed by atoms with Crippen molar-refractivity contribution in [2.45, 2.75) is 55.8 Å². The van der Waals surface area contributed by atoms with E-state index in [0.717, 1.165) is 47.5 Å². The fraction of sp³-hybridized carbons (Fsp3) is 0.357. The maximum absolute atomic E-state index is 11.4. The number of fused-ring (bicyclic) bond motifs is 1. The number of aliphatic carboxylic acids is 1. The van der Waals surface area contributed by atoms with Crippen LogP contribution in [0.25, 0.3) is 0 Å². The third kappa shape index (κ3) is 11.0. The van der Waals surface area contributed by atoms with E-state index in [0.29, 0.717) is 24.3 Å². The SMILES string of the molecule is CC1(CCCCCC(=O)O)C(/C=C/C=C/Nc2ccccc2)=[N+](CCCS(=O)(=O)O)c2ccc(SOO[O-])cc21.[Na+]. The molecule has 0 radical (unpaired) electrons. The molecule has 1 aliphatic rings. The fourth-order valence-corrected chi connectivity index (χ4v) is 5.75. The number of carboxylic acids is 1. The van der Waals surface area contributed by atoms with Crippen LogP contribution in [0.1, 0.15) is 51.0 Å². The first-order valence-corrected chi connectivity index (χ1v) is 15.2.